The van der Waals surface area contributed by atoms with Crippen molar-refractivity contribution in [3.63, 3.8) is 0 Å². The fourth-order valence-electron chi connectivity index (χ4n) is 4.33. The number of hydrogen-bond donors (Lipinski definition) is 1. The van der Waals surface area contributed by atoms with E-state index in [-0.39, 0.29) is 11.7 Å². The molecule has 2 fully saturated rings. The van der Waals surface area contributed by atoms with Crippen molar-refractivity contribution >= 4 is 28.8 Å². The summed E-state index contributed by atoms with van der Waals surface area (Å²) in [5.41, 5.74) is 3.01. The molecule has 1 amide bonds. The van der Waals surface area contributed by atoms with Gasteiger partial charge in [-0.05, 0) is 64.8 Å². The van der Waals surface area contributed by atoms with E-state index in [1.165, 1.54) is 11.3 Å². The first-order valence-electron chi connectivity index (χ1n) is 11.7. The Balaban J connectivity index is 1.49. The fourth-order valence-corrected chi connectivity index (χ4v) is 5.16. The molecule has 1 saturated carbocycles. The number of benzene rings is 1. The van der Waals surface area contributed by atoms with E-state index in [0.29, 0.717) is 30.3 Å². The summed E-state index contributed by atoms with van der Waals surface area (Å²) >= 11 is 1.83. The van der Waals surface area contributed by atoms with Crippen LogP contribution in [0.1, 0.15) is 52.3 Å². The number of carbonyl (C=O) groups is 1. The largest absolute Gasteiger partial charge is 0.444 e. The van der Waals surface area contributed by atoms with Gasteiger partial charge in [-0.3, -0.25) is 4.79 Å². The van der Waals surface area contributed by atoms with E-state index in [2.05, 4.69) is 21.1 Å². The first-order chi connectivity index (χ1) is 15.7. The number of ether oxygens (including phenoxy) is 1. The summed E-state index contributed by atoms with van der Waals surface area (Å²) in [5.74, 6) is 0.725. The molecule has 1 unspecified atom stereocenters. The second-order valence-electron chi connectivity index (χ2n) is 9.72. The van der Waals surface area contributed by atoms with Crippen LogP contribution in [0.3, 0.4) is 0 Å². The SMILES string of the molecule is CSC1CCN(C(=O)OC(C)(C)C)CCN1C(CCc1nc2ccccc2c(=O)[nH]1)=C1CC1. The monoisotopic (exact) mass is 470 g/mol. The lowest BCUT2D eigenvalue weighted by Crippen LogP contribution is -2.39. The number of allylic oxidation sites excluding steroid dienone is 2. The quantitative estimate of drug-likeness (QED) is 0.691. The van der Waals surface area contributed by atoms with Crippen LogP contribution in [0.25, 0.3) is 10.9 Å². The van der Waals surface area contributed by atoms with Gasteiger partial charge in [0.15, 0.2) is 0 Å². The highest BCUT2D eigenvalue weighted by Gasteiger charge is 2.32. The van der Waals surface area contributed by atoms with Crippen molar-refractivity contribution < 1.29 is 9.53 Å². The maximum atomic E-state index is 12.7. The summed E-state index contributed by atoms with van der Waals surface area (Å²) < 4.78 is 5.62. The number of aromatic nitrogens is 2. The van der Waals surface area contributed by atoms with Gasteiger partial charge in [0.05, 0.1) is 16.3 Å². The highest BCUT2D eigenvalue weighted by atomic mass is 32.2. The molecule has 1 aliphatic heterocycles. The molecule has 1 saturated heterocycles. The lowest BCUT2D eigenvalue weighted by Gasteiger charge is -2.33. The number of nitrogens with zero attached hydrogens (tertiary/aromatic N) is 3. The number of aryl methyl sites for hydroxylation is 1. The van der Waals surface area contributed by atoms with E-state index in [0.717, 1.165) is 43.6 Å². The molecule has 1 atom stereocenters. The molecule has 0 bridgehead atoms. The molecular weight excluding hydrogens is 436 g/mol. The lowest BCUT2D eigenvalue weighted by molar-refractivity contribution is 0.0259. The molecule has 1 aliphatic carbocycles. The van der Waals surface area contributed by atoms with Crippen molar-refractivity contribution in [1.29, 1.82) is 0 Å². The lowest BCUT2D eigenvalue weighted by atomic mass is 10.1. The second kappa shape index (κ2) is 9.79. The third-order valence-electron chi connectivity index (χ3n) is 6.04. The minimum atomic E-state index is -0.493. The summed E-state index contributed by atoms with van der Waals surface area (Å²) in [6, 6.07) is 7.46. The van der Waals surface area contributed by atoms with Crippen LogP contribution in [-0.4, -0.2) is 62.7 Å². The molecule has 2 aliphatic rings. The number of fused-ring (bicyclic) bond motifs is 1. The first kappa shape index (κ1) is 23.7. The average molecular weight is 471 g/mol. The highest BCUT2D eigenvalue weighted by molar-refractivity contribution is 7.99. The minimum Gasteiger partial charge on any atom is -0.444 e. The average Bonchev–Trinajstić information content (AvgIpc) is 3.60. The zero-order valence-electron chi connectivity index (χ0n) is 20.0. The van der Waals surface area contributed by atoms with Gasteiger partial charge in [0, 0.05) is 31.8 Å². The molecule has 8 heteroatoms. The zero-order chi connectivity index (χ0) is 23.6. The van der Waals surface area contributed by atoms with Crippen LogP contribution in [0.15, 0.2) is 40.3 Å². The van der Waals surface area contributed by atoms with Gasteiger partial charge < -0.3 is 19.5 Å². The summed E-state index contributed by atoms with van der Waals surface area (Å²) in [6.45, 7) is 7.83. The second-order valence-corrected chi connectivity index (χ2v) is 10.7. The molecular formula is C25H34N4O3S. The molecule has 1 aromatic heterocycles. The smallest absolute Gasteiger partial charge is 0.410 e. The normalized spacial score (nSPS) is 18.9. The molecule has 178 valence electrons. The molecule has 2 heterocycles. The van der Waals surface area contributed by atoms with Crippen LogP contribution in [0, 0.1) is 0 Å². The van der Waals surface area contributed by atoms with Crippen molar-refractivity contribution in [3.05, 3.63) is 51.7 Å². The van der Waals surface area contributed by atoms with Crippen molar-refractivity contribution in [2.75, 3.05) is 25.9 Å². The molecule has 7 nitrogen and oxygen atoms in total. The molecule has 33 heavy (non-hydrogen) atoms. The third kappa shape index (κ3) is 5.91. The van der Waals surface area contributed by atoms with E-state index < -0.39 is 5.60 Å². The number of nitrogens with one attached hydrogen (secondary N) is 1. The van der Waals surface area contributed by atoms with Gasteiger partial charge in [-0.1, -0.05) is 17.7 Å². The number of amides is 1. The Morgan fingerprint density at radius 1 is 1.21 bits per heavy atom. The predicted octanol–water partition coefficient (Wildman–Crippen LogP) is 4.54. The maximum absolute atomic E-state index is 12.7. The van der Waals surface area contributed by atoms with E-state index >= 15 is 0 Å². The van der Waals surface area contributed by atoms with Crippen molar-refractivity contribution in [1.82, 2.24) is 19.8 Å². The fraction of sp³-hybridized carbons (Fsp3) is 0.560. The Kier molecular flexibility index (Phi) is 7.02. The third-order valence-corrected chi connectivity index (χ3v) is 7.08. The number of thioether (sulfide) groups is 1. The number of hydrogen-bond acceptors (Lipinski definition) is 6. The maximum Gasteiger partial charge on any atom is 0.410 e. The molecule has 1 N–H and O–H groups in total. The Labute approximate surface area is 199 Å². The Bertz CT molecular complexity index is 1100. The van der Waals surface area contributed by atoms with Gasteiger partial charge in [0.2, 0.25) is 0 Å². The Morgan fingerprint density at radius 3 is 2.67 bits per heavy atom. The minimum absolute atomic E-state index is 0.0824. The van der Waals surface area contributed by atoms with Gasteiger partial charge >= 0.3 is 6.09 Å². The number of para-hydroxylation sites is 1. The van der Waals surface area contributed by atoms with E-state index in [1.54, 1.807) is 6.07 Å². The van der Waals surface area contributed by atoms with Crippen LogP contribution in [0.2, 0.25) is 0 Å². The van der Waals surface area contributed by atoms with E-state index in [4.69, 9.17) is 4.74 Å². The predicted molar refractivity (Wildman–Crippen MR) is 133 cm³/mol. The van der Waals surface area contributed by atoms with Crippen LogP contribution < -0.4 is 5.56 Å². The van der Waals surface area contributed by atoms with Crippen LogP contribution in [-0.2, 0) is 11.2 Å². The standard InChI is InChI=1S/C25H34N4O3S/c1-25(2,3)32-24(31)28-14-13-22(33-4)29(16-15-28)20(17-9-10-17)11-12-21-26-19-8-6-5-7-18(19)23(30)27-21/h5-8,22H,9-16H2,1-4H3,(H,26,27,30). The Morgan fingerprint density at radius 2 is 1.97 bits per heavy atom. The summed E-state index contributed by atoms with van der Waals surface area (Å²) in [6.07, 6.45) is 6.57. The number of carbonyl (C=O) groups excluding carboxylic acids is 1. The zero-order valence-corrected chi connectivity index (χ0v) is 20.8. The number of rotatable bonds is 5. The molecule has 0 radical (unpaired) electrons. The van der Waals surface area contributed by atoms with Crippen LogP contribution in [0.4, 0.5) is 4.79 Å². The summed E-state index contributed by atoms with van der Waals surface area (Å²) in [4.78, 5) is 37.1. The van der Waals surface area contributed by atoms with E-state index in [9.17, 15) is 9.59 Å². The molecule has 1 aromatic carbocycles. The molecule has 4 rings (SSSR count). The number of aromatic amines is 1. The molecule has 2 aromatic rings. The van der Waals surface area contributed by atoms with Gasteiger partial charge in [-0.25, -0.2) is 9.78 Å². The topological polar surface area (TPSA) is 78.5 Å². The van der Waals surface area contributed by atoms with Crippen LogP contribution in [0.5, 0.6) is 0 Å². The van der Waals surface area contributed by atoms with Crippen molar-refractivity contribution in [2.45, 2.75) is 63.9 Å². The number of H-pyrrole nitrogens is 1. The van der Waals surface area contributed by atoms with Gasteiger partial charge in [0.1, 0.15) is 11.4 Å². The highest BCUT2D eigenvalue weighted by Crippen LogP contribution is 2.38. The van der Waals surface area contributed by atoms with Crippen LogP contribution >= 0.6 is 11.8 Å². The van der Waals surface area contributed by atoms with Crippen molar-refractivity contribution in [3.8, 4) is 0 Å². The van der Waals surface area contributed by atoms with Gasteiger partial charge in [-0.2, -0.15) is 0 Å². The first-order valence-corrected chi connectivity index (χ1v) is 13.0. The summed E-state index contributed by atoms with van der Waals surface area (Å²) in [5, 5.41) is 0.934. The van der Waals surface area contributed by atoms with Gasteiger partial charge in [-0.15, -0.1) is 11.8 Å². The Hall–Kier alpha value is -2.48. The van der Waals surface area contributed by atoms with Crippen molar-refractivity contribution in [2.24, 2.45) is 0 Å². The molecule has 0 spiro atoms. The van der Waals surface area contributed by atoms with Gasteiger partial charge in [0.25, 0.3) is 5.56 Å². The summed E-state index contributed by atoms with van der Waals surface area (Å²) in [7, 11) is 0. The van der Waals surface area contributed by atoms with E-state index in [1.807, 2.05) is 55.6 Å².